The summed E-state index contributed by atoms with van der Waals surface area (Å²) in [4.78, 5) is 14.5. The van der Waals surface area contributed by atoms with Crippen LogP contribution in [0.5, 0.6) is 0 Å². The van der Waals surface area contributed by atoms with Gasteiger partial charge in [0.05, 0.1) is 17.3 Å². The lowest BCUT2D eigenvalue weighted by Crippen LogP contribution is -2.21. The molecule has 130 valence electrons. The Labute approximate surface area is 142 Å². The molecule has 0 aliphatic carbocycles. The lowest BCUT2D eigenvalue weighted by molar-refractivity contribution is 0.224. The minimum absolute atomic E-state index is 0.376. The Bertz CT molecular complexity index is 679. The monoisotopic (exact) mass is 355 g/mol. The third-order valence-corrected chi connectivity index (χ3v) is 4.81. The van der Waals surface area contributed by atoms with Crippen molar-refractivity contribution in [2.45, 2.75) is 32.5 Å². The number of aliphatic hydroxyl groups is 1. The van der Waals surface area contributed by atoms with Crippen LogP contribution >= 0.6 is 11.3 Å². The Kier molecular flexibility index (Phi) is 5.32. The highest BCUT2D eigenvalue weighted by Crippen LogP contribution is 2.27. The van der Waals surface area contributed by atoms with E-state index in [0.717, 1.165) is 19.5 Å². The molecule has 1 unspecified atom stereocenters. The quantitative estimate of drug-likeness (QED) is 0.773. The van der Waals surface area contributed by atoms with E-state index in [1.54, 1.807) is 6.92 Å². The highest BCUT2D eigenvalue weighted by atomic mass is 32.1. The van der Waals surface area contributed by atoms with Crippen LogP contribution in [0.2, 0.25) is 0 Å². The summed E-state index contributed by atoms with van der Waals surface area (Å²) in [7, 11) is 0. The van der Waals surface area contributed by atoms with Gasteiger partial charge in [-0.1, -0.05) is 11.3 Å². The smallest absolute Gasteiger partial charge is 0.230 e. The predicted molar refractivity (Wildman–Crippen MR) is 86.5 cm³/mol. The molecular formula is C15H19F2N5OS. The number of aliphatic hydroxyl groups excluding tert-OH is 1. The predicted octanol–water partition coefficient (Wildman–Crippen LogP) is 2.03. The zero-order chi connectivity index (χ0) is 17.1. The van der Waals surface area contributed by atoms with Crippen molar-refractivity contribution in [3.8, 4) is 0 Å². The average molecular weight is 355 g/mol. The van der Waals surface area contributed by atoms with Gasteiger partial charge in [0, 0.05) is 19.5 Å². The van der Waals surface area contributed by atoms with Crippen LogP contribution in [0.3, 0.4) is 0 Å². The first-order valence-corrected chi connectivity index (χ1v) is 8.60. The molecule has 1 saturated heterocycles. The van der Waals surface area contributed by atoms with Crippen molar-refractivity contribution in [2.24, 2.45) is 5.92 Å². The number of rotatable bonds is 6. The first-order chi connectivity index (χ1) is 11.5. The summed E-state index contributed by atoms with van der Waals surface area (Å²) in [5.74, 6) is 0.0830. The number of halogens is 2. The molecule has 0 spiro atoms. The van der Waals surface area contributed by atoms with E-state index in [-0.39, 0.29) is 0 Å². The molecule has 0 amide bonds. The first kappa shape index (κ1) is 17.1. The summed E-state index contributed by atoms with van der Waals surface area (Å²) < 4.78 is 26.7. The maximum atomic E-state index is 13.9. The van der Waals surface area contributed by atoms with Gasteiger partial charge in [0.25, 0.3) is 0 Å². The number of hydrogen-bond acceptors (Lipinski definition) is 7. The SMILES string of the molecule is CC(O)Nc1nc(F)c(CN2CC[C@H](Cc3ncc(F)cn3)C2)s1. The molecule has 2 N–H and O–H groups in total. The molecule has 9 heteroatoms. The number of thiazole rings is 1. The van der Waals surface area contributed by atoms with Crippen LogP contribution < -0.4 is 5.32 Å². The van der Waals surface area contributed by atoms with Crippen molar-refractivity contribution in [2.75, 3.05) is 18.4 Å². The summed E-state index contributed by atoms with van der Waals surface area (Å²) in [6.07, 6.45) is 3.25. The normalized spacial score (nSPS) is 19.6. The number of hydrogen-bond donors (Lipinski definition) is 2. The van der Waals surface area contributed by atoms with Gasteiger partial charge in [0.2, 0.25) is 5.95 Å². The van der Waals surface area contributed by atoms with E-state index >= 15 is 0 Å². The van der Waals surface area contributed by atoms with E-state index in [9.17, 15) is 13.9 Å². The van der Waals surface area contributed by atoms with Crippen LogP contribution in [0.25, 0.3) is 0 Å². The highest BCUT2D eigenvalue weighted by molar-refractivity contribution is 7.15. The summed E-state index contributed by atoms with van der Waals surface area (Å²) in [6.45, 7) is 3.73. The largest absolute Gasteiger partial charge is 0.374 e. The minimum atomic E-state index is -0.768. The maximum absolute atomic E-state index is 13.9. The summed E-state index contributed by atoms with van der Waals surface area (Å²) >= 11 is 1.22. The zero-order valence-electron chi connectivity index (χ0n) is 13.2. The molecule has 2 atom stereocenters. The van der Waals surface area contributed by atoms with Crippen LogP contribution in [0.4, 0.5) is 13.9 Å². The van der Waals surface area contributed by atoms with E-state index in [4.69, 9.17) is 0 Å². The van der Waals surface area contributed by atoms with Crippen molar-refractivity contribution in [1.29, 1.82) is 0 Å². The van der Waals surface area contributed by atoms with Crippen LogP contribution in [0.15, 0.2) is 12.4 Å². The van der Waals surface area contributed by atoms with Crippen molar-refractivity contribution < 1.29 is 13.9 Å². The zero-order valence-corrected chi connectivity index (χ0v) is 14.1. The van der Waals surface area contributed by atoms with Gasteiger partial charge in [-0.25, -0.2) is 14.4 Å². The van der Waals surface area contributed by atoms with Gasteiger partial charge in [-0.3, -0.25) is 4.90 Å². The minimum Gasteiger partial charge on any atom is -0.374 e. The first-order valence-electron chi connectivity index (χ1n) is 7.78. The average Bonchev–Trinajstić information content (AvgIpc) is 3.08. The van der Waals surface area contributed by atoms with E-state index < -0.39 is 18.0 Å². The maximum Gasteiger partial charge on any atom is 0.230 e. The molecule has 0 aromatic carbocycles. The van der Waals surface area contributed by atoms with E-state index in [2.05, 4.69) is 25.2 Å². The van der Waals surface area contributed by atoms with Gasteiger partial charge < -0.3 is 10.4 Å². The number of nitrogens with zero attached hydrogens (tertiary/aromatic N) is 4. The molecule has 2 aromatic heterocycles. The van der Waals surface area contributed by atoms with Crippen LogP contribution in [0, 0.1) is 17.7 Å². The molecule has 0 saturated carbocycles. The Balaban J connectivity index is 1.54. The summed E-state index contributed by atoms with van der Waals surface area (Å²) in [5, 5.41) is 12.3. The van der Waals surface area contributed by atoms with Crippen molar-refractivity contribution in [3.63, 3.8) is 0 Å². The molecule has 24 heavy (non-hydrogen) atoms. The number of nitrogens with one attached hydrogen (secondary N) is 1. The third kappa shape index (κ3) is 4.43. The van der Waals surface area contributed by atoms with Gasteiger partial charge in [-0.2, -0.15) is 9.37 Å². The van der Waals surface area contributed by atoms with Crippen LogP contribution in [-0.2, 0) is 13.0 Å². The van der Waals surface area contributed by atoms with E-state index in [1.165, 1.54) is 23.7 Å². The molecule has 6 nitrogen and oxygen atoms in total. The number of anilines is 1. The molecule has 0 bridgehead atoms. The lowest BCUT2D eigenvalue weighted by Gasteiger charge is -2.14. The van der Waals surface area contributed by atoms with Crippen LogP contribution in [0.1, 0.15) is 24.0 Å². The fraction of sp³-hybridized carbons (Fsp3) is 0.533. The van der Waals surface area contributed by atoms with Gasteiger partial charge in [0.15, 0.2) is 10.9 Å². The molecule has 0 radical (unpaired) electrons. The number of aromatic nitrogens is 3. The van der Waals surface area contributed by atoms with Crippen molar-refractivity contribution in [1.82, 2.24) is 19.9 Å². The molecule has 1 aliphatic rings. The lowest BCUT2D eigenvalue weighted by atomic mass is 10.0. The summed E-state index contributed by atoms with van der Waals surface area (Å²) in [6, 6.07) is 0. The van der Waals surface area contributed by atoms with Crippen molar-refractivity contribution >= 4 is 16.5 Å². The summed E-state index contributed by atoms with van der Waals surface area (Å²) in [5.41, 5.74) is 0. The van der Waals surface area contributed by atoms with E-state index in [0.29, 0.717) is 34.7 Å². The second kappa shape index (κ2) is 7.45. The van der Waals surface area contributed by atoms with Gasteiger partial charge in [0.1, 0.15) is 12.1 Å². The van der Waals surface area contributed by atoms with Crippen molar-refractivity contribution in [3.05, 3.63) is 34.9 Å². The molecule has 3 heterocycles. The second-order valence-electron chi connectivity index (χ2n) is 5.96. The van der Waals surface area contributed by atoms with Crippen LogP contribution in [-0.4, -0.2) is 44.3 Å². The Morgan fingerprint density at radius 1 is 1.42 bits per heavy atom. The molecule has 1 fully saturated rings. The molecule has 1 aliphatic heterocycles. The third-order valence-electron chi connectivity index (χ3n) is 3.86. The van der Waals surface area contributed by atoms with Gasteiger partial charge >= 0.3 is 0 Å². The number of likely N-dealkylation sites (tertiary alicyclic amines) is 1. The Hall–Kier alpha value is -1.71. The van der Waals surface area contributed by atoms with Gasteiger partial charge in [-0.15, -0.1) is 0 Å². The topological polar surface area (TPSA) is 74.2 Å². The molecular weight excluding hydrogens is 336 g/mol. The second-order valence-corrected chi connectivity index (χ2v) is 7.05. The standard InChI is InChI=1S/C15H19F2N5OS/c1-9(23)20-15-21-14(17)12(24-15)8-22-3-2-10(7-22)4-13-18-5-11(16)6-19-13/h5-6,9-10,23H,2-4,7-8H2,1H3,(H,20,21)/t9?,10-/m1/s1. The fourth-order valence-corrected chi connectivity index (χ4v) is 3.77. The molecule has 2 aromatic rings. The highest BCUT2D eigenvalue weighted by Gasteiger charge is 2.25. The molecule has 3 rings (SSSR count). The fourth-order valence-electron chi connectivity index (χ4n) is 2.80. The van der Waals surface area contributed by atoms with Gasteiger partial charge in [-0.05, 0) is 25.8 Å². The Morgan fingerprint density at radius 2 is 2.17 bits per heavy atom. The Morgan fingerprint density at radius 3 is 2.88 bits per heavy atom. The van der Waals surface area contributed by atoms with E-state index in [1.807, 2.05) is 0 Å².